The Morgan fingerprint density at radius 1 is 1.30 bits per heavy atom. The van der Waals surface area contributed by atoms with Crippen molar-refractivity contribution in [1.29, 1.82) is 0 Å². The van der Waals surface area contributed by atoms with Crippen LogP contribution in [0.3, 0.4) is 0 Å². The lowest BCUT2D eigenvalue weighted by molar-refractivity contribution is 0.476. The molecule has 2 heterocycles. The van der Waals surface area contributed by atoms with Gasteiger partial charge in [-0.1, -0.05) is 24.3 Å². The van der Waals surface area contributed by atoms with Crippen LogP contribution in [0.25, 0.3) is 6.08 Å². The molecule has 0 unspecified atom stereocenters. The lowest BCUT2D eigenvalue weighted by Gasteiger charge is -2.31. The first-order chi connectivity index (χ1) is 11.1. The van der Waals surface area contributed by atoms with E-state index in [0.29, 0.717) is 11.7 Å². The molecule has 1 aliphatic rings. The second-order valence-corrected chi connectivity index (χ2v) is 5.91. The summed E-state index contributed by atoms with van der Waals surface area (Å²) in [5.41, 5.74) is 0.826. The van der Waals surface area contributed by atoms with E-state index in [1.165, 1.54) is 12.1 Å². The summed E-state index contributed by atoms with van der Waals surface area (Å²) >= 11 is 0. The molecule has 1 fully saturated rings. The molecular weight excluding hydrogens is 293 g/mol. The maximum Gasteiger partial charge on any atom is 0.293 e. The number of nitrogens with zero attached hydrogens (tertiary/aromatic N) is 3. The molecule has 0 amide bonds. The number of piperidine rings is 1. The van der Waals surface area contributed by atoms with Crippen LogP contribution >= 0.6 is 0 Å². The number of anilines is 1. The molecule has 0 spiro atoms. The number of allylic oxidation sites excluding steroid dienone is 1. The topological polar surface area (TPSA) is 38.1 Å². The van der Waals surface area contributed by atoms with Crippen LogP contribution in [0.5, 0.6) is 0 Å². The molecule has 3 rings (SSSR count). The van der Waals surface area contributed by atoms with E-state index in [9.17, 15) is 9.18 Å². The molecule has 5 heteroatoms. The quantitative estimate of drug-likeness (QED) is 0.874. The van der Waals surface area contributed by atoms with Crippen LogP contribution in [0.4, 0.5) is 10.2 Å². The average Bonchev–Trinajstić information content (AvgIpc) is 2.56. The second-order valence-electron chi connectivity index (χ2n) is 5.91. The average molecular weight is 313 g/mol. The van der Waals surface area contributed by atoms with Crippen LogP contribution in [0.15, 0.2) is 47.5 Å². The van der Waals surface area contributed by atoms with Crippen LogP contribution in [-0.2, 0) is 7.05 Å². The van der Waals surface area contributed by atoms with E-state index in [1.54, 1.807) is 30.1 Å². The molecule has 1 aliphatic heterocycles. The highest BCUT2D eigenvalue weighted by molar-refractivity contribution is 5.49. The Bertz CT molecular complexity index is 761. The predicted molar refractivity (Wildman–Crippen MR) is 89.8 cm³/mol. The van der Waals surface area contributed by atoms with Crippen LogP contribution in [0.1, 0.15) is 18.4 Å². The Balaban J connectivity index is 1.62. The van der Waals surface area contributed by atoms with Gasteiger partial charge in [0.15, 0.2) is 5.82 Å². The molecular formula is C18H20FN3O. The zero-order valence-electron chi connectivity index (χ0n) is 13.2. The molecule has 1 aromatic carbocycles. The first kappa shape index (κ1) is 15.5. The summed E-state index contributed by atoms with van der Waals surface area (Å²) in [6.07, 6.45) is 9.37. The molecule has 120 valence electrons. The second kappa shape index (κ2) is 6.77. The monoisotopic (exact) mass is 313 g/mol. The summed E-state index contributed by atoms with van der Waals surface area (Å²) in [4.78, 5) is 18.4. The summed E-state index contributed by atoms with van der Waals surface area (Å²) in [6, 6.07) is 6.59. The molecule has 1 saturated heterocycles. The van der Waals surface area contributed by atoms with E-state index in [2.05, 4.69) is 16.0 Å². The maximum atomic E-state index is 13.2. The predicted octanol–water partition coefficient (Wildman–Crippen LogP) is 2.85. The summed E-state index contributed by atoms with van der Waals surface area (Å²) in [5, 5.41) is 0. The number of aromatic nitrogens is 2. The number of hydrogen-bond donors (Lipinski definition) is 0. The molecule has 0 N–H and O–H groups in total. The van der Waals surface area contributed by atoms with Gasteiger partial charge in [0, 0.05) is 32.5 Å². The molecule has 4 nitrogen and oxygen atoms in total. The van der Waals surface area contributed by atoms with Gasteiger partial charge in [-0.15, -0.1) is 0 Å². The van der Waals surface area contributed by atoms with Gasteiger partial charge in [0.2, 0.25) is 0 Å². The lowest BCUT2D eigenvalue weighted by atomic mass is 9.95. The van der Waals surface area contributed by atoms with Crippen molar-refractivity contribution < 1.29 is 4.39 Å². The fourth-order valence-electron chi connectivity index (χ4n) is 2.86. The number of benzene rings is 1. The van der Waals surface area contributed by atoms with Gasteiger partial charge < -0.3 is 9.47 Å². The Morgan fingerprint density at radius 2 is 2.09 bits per heavy atom. The Kier molecular flexibility index (Phi) is 4.55. The van der Waals surface area contributed by atoms with Crippen molar-refractivity contribution in [3.63, 3.8) is 0 Å². The van der Waals surface area contributed by atoms with Crippen LogP contribution in [0, 0.1) is 11.7 Å². The van der Waals surface area contributed by atoms with Gasteiger partial charge in [-0.2, -0.15) is 0 Å². The highest BCUT2D eigenvalue weighted by Crippen LogP contribution is 2.21. The van der Waals surface area contributed by atoms with Crippen LogP contribution in [-0.4, -0.2) is 22.6 Å². The van der Waals surface area contributed by atoms with Crippen LogP contribution in [0.2, 0.25) is 0 Å². The van der Waals surface area contributed by atoms with E-state index in [1.807, 2.05) is 12.1 Å². The van der Waals surface area contributed by atoms with Gasteiger partial charge in [0.25, 0.3) is 5.56 Å². The molecule has 1 aromatic heterocycles. The van der Waals surface area contributed by atoms with Crippen molar-refractivity contribution in [1.82, 2.24) is 9.55 Å². The van der Waals surface area contributed by atoms with Crippen molar-refractivity contribution in [2.45, 2.75) is 12.8 Å². The highest BCUT2D eigenvalue weighted by atomic mass is 19.1. The van der Waals surface area contributed by atoms with Gasteiger partial charge in [-0.3, -0.25) is 4.79 Å². The van der Waals surface area contributed by atoms with E-state index < -0.39 is 0 Å². The zero-order valence-corrected chi connectivity index (χ0v) is 13.2. The van der Waals surface area contributed by atoms with E-state index in [4.69, 9.17) is 0 Å². The molecule has 0 bridgehead atoms. The van der Waals surface area contributed by atoms with Crippen molar-refractivity contribution in [3.8, 4) is 0 Å². The van der Waals surface area contributed by atoms with Crippen molar-refractivity contribution in [2.24, 2.45) is 13.0 Å². The Hall–Kier alpha value is -2.43. The zero-order chi connectivity index (χ0) is 16.2. The number of halogens is 1. The normalized spacial score (nSPS) is 16.2. The van der Waals surface area contributed by atoms with Crippen molar-refractivity contribution in [3.05, 3.63) is 64.5 Å². The molecule has 23 heavy (non-hydrogen) atoms. The molecule has 0 atom stereocenters. The standard InChI is InChI=1S/C18H20FN3O/c1-21-12-9-20-17(18(21)23)22-10-7-14(8-11-22)5-6-15-3-2-4-16(19)13-15/h2-6,9,12-14H,7-8,10-11H2,1H3/b6-5+. The third kappa shape index (κ3) is 3.67. The van der Waals surface area contributed by atoms with E-state index in [0.717, 1.165) is 31.5 Å². The molecule has 0 saturated carbocycles. The fourth-order valence-corrected chi connectivity index (χ4v) is 2.86. The number of hydrogen-bond acceptors (Lipinski definition) is 3. The maximum absolute atomic E-state index is 13.2. The highest BCUT2D eigenvalue weighted by Gasteiger charge is 2.20. The third-order valence-corrected chi connectivity index (χ3v) is 4.25. The SMILES string of the molecule is Cn1ccnc(N2CCC(/C=C/c3cccc(F)c3)CC2)c1=O. The van der Waals surface area contributed by atoms with E-state index >= 15 is 0 Å². The number of aryl methyl sites for hydroxylation is 1. The fraction of sp³-hybridized carbons (Fsp3) is 0.333. The lowest BCUT2D eigenvalue weighted by Crippen LogP contribution is -2.38. The van der Waals surface area contributed by atoms with Gasteiger partial charge in [-0.25, -0.2) is 9.37 Å². The van der Waals surface area contributed by atoms with Gasteiger partial charge in [-0.05, 0) is 36.5 Å². The van der Waals surface area contributed by atoms with E-state index in [-0.39, 0.29) is 11.4 Å². The smallest absolute Gasteiger partial charge is 0.293 e. The van der Waals surface area contributed by atoms with Gasteiger partial charge in [0.1, 0.15) is 5.82 Å². The van der Waals surface area contributed by atoms with Crippen LogP contribution < -0.4 is 10.5 Å². The minimum atomic E-state index is -0.215. The number of rotatable bonds is 3. The third-order valence-electron chi connectivity index (χ3n) is 4.25. The minimum absolute atomic E-state index is 0.0544. The molecule has 0 radical (unpaired) electrons. The molecule has 0 aliphatic carbocycles. The first-order valence-corrected chi connectivity index (χ1v) is 7.84. The summed E-state index contributed by atoms with van der Waals surface area (Å²) < 4.78 is 14.7. The summed E-state index contributed by atoms with van der Waals surface area (Å²) in [5.74, 6) is 0.762. The van der Waals surface area contributed by atoms with Gasteiger partial charge in [0.05, 0.1) is 0 Å². The minimum Gasteiger partial charge on any atom is -0.352 e. The molecule has 2 aromatic rings. The van der Waals surface area contributed by atoms with Gasteiger partial charge >= 0.3 is 0 Å². The first-order valence-electron chi connectivity index (χ1n) is 7.84. The van der Waals surface area contributed by atoms with Crippen molar-refractivity contribution in [2.75, 3.05) is 18.0 Å². The summed E-state index contributed by atoms with van der Waals surface area (Å²) in [7, 11) is 1.74. The largest absolute Gasteiger partial charge is 0.352 e. The summed E-state index contributed by atoms with van der Waals surface area (Å²) in [6.45, 7) is 1.62. The Morgan fingerprint density at radius 3 is 2.83 bits per heavy atom. The van der Waals surface area contributed by atoms with Crippen molar-refractivity contribution >= 4 is 11.9 Å². The Labute approximate surface area is 134 Å².